The number of ether oxygens (including phenoxy) is 2. The van der Waals surface area contributed by atoms with Crippen molar-refractivity contribution in [3.63, 3.8) is 0 Å². The second-order valence-corrected chi connectivity index (χ2v) is 7.75. The highest BCUT2D eigenvalue weighted by atomic mass is 16.5. The van der Waals surface area contributed by atoms with Crippen LogP contribution in [0.25, 0.3) is 5.76 Å². The average Bonchev–Trinajstić information content (AvgIpc) is 3.40. The number of likely N-dealkylation sites (tertiary alicyclic amines) is 1. The smallest absolute Gasteiger partial charge is 0.295 e. The van der Waals surface area contributed by atoms with Gasteiger partial charge in [0.1, 0.15) is 11.5 Å². The van der Waals surface area contributed by atoms with Gasteiger partial charge in [0.05, 0.1) is 24.3 Å². The first-order valence-corrected chi connectivity index (χ1v) is 10.6. The van der Waals surface area contributed by atoms with E-state index in [4.69, 9.17) is 9.47 Å². The third-order valence-corrected chi connectivity index (χ3v) is 5.54. The number of aromatic nitrogens is 1. The fourth-order valence-electron chi connectivity index (χ4n) is 4.07. The van der Waals surface area contributed by atoms with Gasteiger partial charge < -0.3 is 19.5 Å². The van der Waals surface area contributed by atoms with E-state index in [0.29, 0.717) is 36.6 Å². The van der Waals surface area contributed by atoms with Gasteiger partial charge in [-0.05, 0) is 43.0 Å². The van der Waals surface area contributed by atoms with Gasteiger partial charge in [0.2, 0.25) is 0 Å². The molecule has 2 saturated heterocycles. The molecule has 1 aromatic carbocycles. The summed E-state index contributed by atoms with van der Waals surface area (Å²) in [5, 5.41) is 11.1. The molecular formula is C24H26N2O5. The number of aliphatic hydroxyl groups excluding tert-OH is 1. The molecule has 2 aromatic rings. The Morgan fingerprint density at radius 1 is 1.29 bits per heavy atom. The van der Waals surface area contributed by atoms with E-state index in [1.54, 1.807) is 48.8 Å². The largest absolute Gasteiger partial charge is 0.507 e. The lowest BCUT2D eigenvalue weighted by Gasteiger charge is -2.27. The Morgan fingerprint density at radius 3 is 2.87 bits per heavy atom. The number of hydrogen-bond acceptors (Lipinski definition) is 6. The Hall–Kier alpha value is -3.19. The van der Waals surface area contributed by atoms with Gasteiger partial charge in [-0.15, -0.1) is 0 Å². The molecule has 2 unspecified atom stereocenters. The summed E-state index contributed by atoms with van der Waals surface area (Å²) in [5.74, 6) is -0.963. The second-order valence-electron chi connectivity index (χ2n) is 7.75. The summed E-state index contributed by atoms with van der Waals surface area (Å²) in [5.41, 5.74) is 1.15. The van der Waals surface area contributed by atoms with Crippen molar-refractivity contribution in [1.29, 1.82) is 0 Å². The topological polar surface area (TPSA) is 89.0 Å². The Bertz CT molecular complexity index is 982. The molecule has 0 aliphatic carbocycles. The van der Waals surface area contributed by atoms with Crippen LogP contribution in [0, 0.1) is 0 Å². The number of aliphatic hydroxyl groups is 1. The summed E-state index contributed by atoms with van der Waals surface area (Å²) in [4.78, 5) is 31.7. The van der Waals surface area contributed by atoms with Crippen molar-refractivity contribution in [2.45, 2.75) is 38.3 Å². The summed E-state index contributed by atoms with van der Waals surface area (Å²) in [6.45, 7) is 3.50. The van der Waals surface area contributed by atoms with Crippen LogP contribution in [0.1, 0.15) is 43.4 Å². The van der Waals surface area contributed by atoms with Crippen molar-refractivity contribution < 1.29 is 24.2 Å². The normalized spacial score (nSPS) is 22.8. The zero-order valence-corrected chi connectivity index (χ0v) is 17.5. The molecule has 1 N–H and O–H groups in total. The lowest BCUT2D eigenvalue weighted by atomic mass is 9.96. The van der Waals surface area contributed by atoms with Crippen molar-refractivity contribution in [2.75, 3.05) is 19.8 Å². The van der Waals surface area contributed by atoms with Crippen molar-refractivity contribution in [3.8, 4) is 5.75 Å². The molecule has 2 atom stereocenters. The monoisotopic (exact) mass is 422 g/mol. The van der Waals surface area contributed by atoms with Crippen LogP contribution in [-0.4, -0.2) is 52.5 Å². The maximum Gasteiger partial charge on any atom is 0.295 e. The summed E-state index contributed by atoms with van der Waals surface area (Å²) in [6.07, 6.45) is 5.74. The van der Waals surface area contributed by atoms with E-state index in [-0.39, 0.29) is 17.4 Å². The van der Waals surface area contributed by atoms with Crippen molar-refractivity contribution >= 4 is 17.4 Å². The van der Waals surface area contributed by atoms with Crippen molar-refractivity contribution in [2.24, 2.45) is 0 Å². The number of ketones is 1. The van der Waals surface area contributed by atoms with Crippen LogP contribution in [0.4, 0.5) is 0 Å². The van der Waals surface area contributed by atoms with Crippen LogP contribution in [0.3, 0.4) is 0 Å². The van der Waals surface area contributed by atoms with E-state index in [9.17, 15) is 14.7 Å². The van der Waals surface area contributed by atoms with Crippen LogP contribution in [0.5, 0.6) is 5.75 Å². The molecule has 0 spiro atoms. The molecule has 3 heterocycles. The number of benzene rings is 1. The van der Waals surface area contributed by atoms with E-state index in [1.807, 2.05) is 6.92 Å². The standard InChI is InChI=1S/C24H26N2O5/c1-2-11-30-18-8-3-6-16(13-18)22(27)20-21(17-7-4-10-25-14-17)26(24(29)23(20)28)15-19-9-5-12-31-19/h3-4,6-8,10,13-14,19,21,27H,2,5,9,11-12,15H2,1H3/b22-20-. The molecule has 7 heteroatoms. The minimum atomic E-state index is -0.724. The summed E-state index contributed by atoms with van der Waals surface area (Å²) >= 11 is 0. The third kappa shape index (κ3) is 4.32. The van der Waals surface area contributed by atoms with Gasteiger partial charge in [-0.25, -0.2) is 0 Å². The second kappa shape index (κ2) is 9.31. The van der Waals surface area contributed by atoms with Gasteiger partial charge in [0, 0.05) is 31.1 Å². The molecule has 162 valence electrons. The van der Waals surface area contributed by atoms with Crippen LogP contribution in [0.2, 0.25) is 0 Å². The predicted octanol–water partition coefficient (Wildman–Crippen LogP) is 3.47. The predicted molar refractivity (Wildman–Crippen MR) is 114 cm³/mol. The number of rotatable bonds is 7. The quantitative estimate of drug-likeness (QED) is 0.418. The molecule has 0 bridgehead atoms. The van der Waals surface area contributed by atoms with Crippen LogP contribution in [-0.2, 0) is 14.3 Å². The number of hydrogen-bond donors (Lipinski definition) is 1. The number of carbonyl (C=O) groups excluding carboxylic acids is 2. The highest BCUT2D eigenvalue weighted by molar-refractivity contribution is 6.46. The van der Waals surface area contributed by atoms with Crippen LogP contribution < -0.4 is 4.74 Å². The SMILES string of the molecule is CCCOc1cccc(/C(O)=C2/C(=O)C(=O)N(CC3CCCO3)C2c2cccnc2)c1. The van der Waals surface area contributed by atoms with Crippen LogP contribution >= 0.6 is 0 Å². The first-order valence-electron chi connectivity index (χ1n) is 10.6. The number of nitrogens with zero attached hydrogens (tertiary/aromatic N) is 2. The van der Waals surface area contributed by atoms with E-state index in [1.165, 1.54) is 4.90 Å². The highest BCUT2D eigenvalue weighted by Gasteiger charge is 2.47. The molecule has 2 fully saturated rings. The first kappa shape index (κ1) is 21.1. The van der Waals surface area contributed by atoms with Crippen molar-refractivity contribution in [3.05, 3.63) is 65.5 Å². The number of pyridine rings is 1. The van der Waals surface area contributed by atoms with Gasteiger partial charge in [0.25, 0.3) is 11.7 Å². The molecule has 1 aromatic heterocycles. The zero-order chi connectivity index (χ0) is 21.8. The fraction of sp³-hybridized carbons (Fsp3) is 0.375. The van der Waals surface area contributed by atoms with E-state index in [0.717, 1.165) is 19.3 Å². The maximum absolute atomic E-state index is 13.0. The Morgan fingerprint density at radius 2 is 2.16 bits per heavy atom. The Balaban J connectivity index is 1.76. The van der Waals surface area contributed by atoms with Gasteiger partial charge >= 0.3 is 0 Å². The molecule has 2 aliphatic rings. The van der Waals surface area contributed by atoms with Crippen LogP contribution in [0.15, 0.2) is 54.4 Å². The minimum absolute atomic E-state index is 0.0589. The minimum Gasteiger partial charge on any atom is -0.507 e. The fourth-order valence-corrected chi connectivity index (χ4v) is 4.07. The molecular weight excluding hydrogens is 396 g/mol. The third-order valence-electron chi connectivity index (χ3n) is 5.54. The molecule has 0 radical (unpaired) electrons. The average molecular weight is 422 g/mol. The molecule has 1 amide bonds. The first-order chi connectivity index (χ1) is 15.1. The zero-order valence-electron chi connectivity index (χ0n) is 17.5. The molecule has 4 rings (SSSR count). The lowest BCUT2D eigenvalue weighted by molar-refractivity contribution is -0.140. The van der Waals surface area contributed by atoms with Gasteiger partial charge in [0.15, 0.2) is 0 Å². The molecule has 2 aliphatic heterocycles. The lowest BCUT2D eigenvalue weighted by Crippen LogP contribution is -2.36. The summed E-state index contributed by atoms with van der Waals surface area (Å²) in [7, 11) is 0. The van der Waals surface area contributed by atoms with E-state index >= 15 is 0 Å². The number of Topliss-reactive ketones (excluding diaryl/α,β-unsaturated/α-hetero) is 1. The summed E-state index contributed by atoms with van der Waals surface area (Å²) < 4.78 is 11.4. The Kier molecular flexibility index (Phi) is 6.32. The van der Waals surface area contributed by atoms with E-state index < -0.39 is 17.7 Å². The summed E-state index contributed by atoms with van der Waals surface area (Å²) in [6, 6.07) is 9.75. The van der Waals surface area contributed by atoms with Crippen molar-refractivity contribution in [1.82, 2.24) is 9.88 Å². The van der Waals surface area contributed by atoms with Gasteiger partial charge in [-0.1, -0.05) is 25.1 Å². The molecule has 0 saturated carbocycles. The molecule has 7 nitrogen and oxygen atoms in total. The van der Waals surface area contributed by atoms with E-state index in [2.05, 4.69) is 4.98 Å². The van der Waals surface area contributed by atoms with Gasteiger partial charge in [-0.3, -0.25) is 14.6 Å². The number of amides is 1. The van der Waals surface area contributed by atoms with Gasteiger partial charge in [-0.2, -0.15) is 0 Å². The maximum atomic E-state index is 13.0. The Labute approximate surface area is 181 Å². The number of carbonyl (C=O) groups is 2. The highest BCUT2D eigenvalue weighted by Crippen LogP contribution is 2.40. The molecule has 31 heavy (non-hydrogen) atoms.